The van der Waals surface area contributed by atoms with E-state index < -0.39 is 0 Å². The van der Waals surface area contributed by atoms with Gasteiger partial charge in [-0.2, -0.15) is 0 Å². The summed E-state index contributed by atoms with van der Waals surface area (Å²) in [6, 6.07) is 11.9. The summed E-state index contributed by atoms with van der Waals surface area (Å²) in [5.41, 5.74) is 4.02. The Hall–Kier alpha value is -1.10. The maximum Gasteiger partial charge on any atom is 0.182 e. The first-order chi connectivity index (χ1) is 9.08. The molecule has 2 aromatic carbocycles. The third-order valence-electron chi connectivity index (χ3n) is 3.07. The largest absolute Gasteiger partial charge is 0.330 e. The number of aromatic amines is 1. The molecule has 1 N–H and O–H groups in total. The second-order valence-electron chi connectivity index (χ2n) is 4.34. The molecule has 0 fully saturated rings. The number of aryl methyl sites for hydroxylation is 1. The molecule has 1 heterocycles. The molecule has 0 radical (unpaired) electrons. The quantitative estimate of drug-likeness (QED) is 0.580. The van der Waals surface area contributed by atoms with Gasteiger partial charge in [0.2, 0.25) is 0 Å². The number of nitrogens with one attached hydrogen (secondary N) is 1. The standard InChI is InChI=1S/C14H10BrClN2S/c1-8-5-6-9(7-10(8)15)18-13-11(16)3-2-4-12(13)17-14(18)19/h2-7H,1H3,(H,17,19). The van der Waals surface area contributed by atoms with E-state index in [2.05, 4.69) is 33.9 Å². The van der Waals surface area contributed by atoms with Crippen LogP contribution < -0.4 is 0 Å². The van der Waals surface area contributed by atoms with Crippen LogP contribution in [0, 0.1) is 11.7 Å². The number of imidazole rings is 1. The molecule has 5 heteroatoms. The second kappa shape index (κ2) is 4.78. The van der Waals surface area contributed by atoms with Gasteiger partial charge < -0.3 is 4.98 Å². The number of rotatable bonds is 1. The second-order valence-corrected chi connectivity index (χ2v) is 5.98. The topological polar surface area (TPSA) is 20.7 Å². The molecule has 0 spiro atoms. The van der Waals surface area contributed by atoms with Crippen molar-refractivity contribution in [3.05, 3.63) is 56.2 Å². The lowest BCUT2D eigenvalue weighted by Gasteiger charge is -2.07. The molecule has 0 aliphatic rings. The van der Waals surface area contributed by atoms with Gasteiger partial charge in [-0.3, -0.25) is 4.57 Å². The van der Waals surface area contributed by atoms with E-state index in [9.17, 15) is 0 Å². The molecule has 1 aromatic heterocycles. The summed E-state index contributed by atoms with van der Waals surface area (Å²) in [4.78, 5) is 3.18. The smallest absolute Gasteiger partial charge is 0.182 e. The van der Waals surface area contributed by atoms with Gasteiger partial charge in [0.1, 0.15) is 0 Å². The van der Waals surface area contributed by atoms with E-state index in [4.69, 9.17) is 23.8 Å². The molecule has 19 heavy (non-hydrogen) atoms. The Labute approximate surface area is 129 Å². The third kappa shape index (κ3) is 2.14. The number of hydrogen-bond acceptors (Lipinski definition) is 1. The lowest BCUT2D eigenvalue weighted by Crippen LogP contribution is -1.95. The summed E-state index contributed by atoms with van der Waals surface area (Å²) < 4.78 is 3.64. The van der Waals surface area contributed by atoms with Gasteiger partial charge in [-0.15, -0.1) is 0 Å². The van der Waals surface area contributed by atoms with Crippen molar-refractivity contribution in [2.75, 3.05) is 0 Å². The van der Waals surface area contributed by atoms with Gasteiger partial charge in [0.05, 0.1) is 16.1 Å². The zero-order chi connectivity index (χ0) is 13.6. The summed E-state index contributed by atoms with van der Waals surface area (Å²) in [5.74, 6) is 0. The normalized spacial score (nSPS) is 11.1. The molecule has 0 unspecified atom stereocenters. The van der Waals surface area contributed by atoms with Crippen LogP contribution in [0.2, 0.25) is 5.02 Å². The maximum atomic E-state index is 6.30. The van der Waals surface area contributed by atoms with Crippen LogP contribution in [0.25, 0.3) is 16.7 Å². The van der Waals surface area contributed by atoms with E-state index in [1.807, 2.05) is 34.9 Å². The SMILES string of the molecule is Cc1ccc(-n2c(=S)[nH]c3cccc(Cl)c32)cc1Br. The minimum absolute atomic E-state index is 0.638. The molecule has 0 bridgehead atoms. The summed E-state index contributed by atoms with van der Waals surface area (Å²) in [5, 5.41) is 0.682. The number of fused-ring (bicyclic) bond motifs is 1. The molecule has 0 saturated heterocycles. The molecule has 0 saturated carbocycles. The third-order valence-corrected chi connectivity index (χ3v) is 4.51. The van der Waals surface area contributed by atoms with Crippen molar-refractivity contribution in [1.29, 1.82) is 0 Å². The van der Waals surface area contributed by atoms with Crippen molar-refractivity contribution in [2.24, 2.45) is 0 Å². The van der Waals surface area contributed by atoms with E-state index in [1.54, 1.807) is 0 Å². The first kappa shape index (κ1) is 12.9. The van der Waals surface area contributed by atoms with Crippen molar-refractivity contribution in [3.8, 4) is 5.69 Å². The van der Waals surface area contributed by atoms with Crippen molar-refractivity contribution in [2.45, 2.75) is 6.92 Å². The van der Waals surface area contributed by atoms with Gasteiger partial charge in [0, 0.05) is 10.2 Å². The van der Waals surface area contributed by atoms with E-state index in [0.29, 0.717) is 9.79 Å². The zero-order valence-corrected chi connectivity index (χ0v) is 13.2. The minimum Gasteiger partial charge on any atom is -0.330 e. The fraction of sp³-hybridized carbons (Fsp3) is 0.0714. The fourth-order valence-electron chi connectivity index (χ4n) is 2.08. The van der Waals surface area contributed by atoms with Crippen LogP contribution in [0.4, 0.5) is 0 Å². The summed E-state index contributed by atoms with van der Waals surface area (Å²) in [6.45, 7) is 2.05. The number of hydrogen-bond donors (Lipinski definition) is 1. The van der Waals surface area contributed by atoms with Crippen LogP contribution in [0.3, 0.4) is 0 Å². The van der Waals surface area contributed by atoms with E-state index in [1.165, 1.54) is 5.56 Å². The van der Waals surface area contributed by atoms with Crippen LogP contribution in [0.15, 0.2) is 40.9 Å². The Morgan fingerprint density at radius 3 is 2.79 bits per heavy atom. The highest BCUT2D eigenvalue weighted by Crippen LogP contribution is 2.28. The van der Waals surface area contributed by atoms with E-state index in [0.717, 1.165) is 21.2 Å². The first-order valence-corrected chi connectivity index (χ1v) is 7.31. The van der Waals surface area contributed by atoms with E-state index >= 15 is 0 Å². The van der Waals surface area contributed by atoms with Crippen LogP contribution in [-0.4, -0.2) is 9.55 Å². The first-order valence-electron chi connectivity index (χ1n) is 5.73. The molecular formula is C14H10BrClN2S. The van der Waals surface area contributed by atoms with Crippen molar-refractivity contribution in [1.82, 2.24) is 9.55 Å². The van der Waals surface area contributed by atoms with Gasteiger partial charge in [-0.05, 0) is 49.0 Å². The lowest BCUT2D eigenvalue weighted by atomic mass is 10.2. The Morgan fingerprint density at radius 1 is 1.26 bits per heavy atom. The molecule has 0 aliphatic carbocycles. The Bertz CT molecular complexity index is 835. The van der Waals surface area contributed by atoms with Gasteiger partial charge in [0.15, 0.2) is 4.77 Å². The van der Waals surface area contributed by atoms with Crippen LogP contribution in [-0.2, 0) is 0 Å². The Kier molecular flexibility index (Phi) is 3.25. The number of aromatic nitrogens is 2. The number of nitrogens with zero attached hydrogens (tertiary/aromatic N) is 1. The van der Waals surface area contributed by atoms with Gasteiger partial charge in [-0.25, -0.2) is 0 Å². The number of benzene rings is 2. The maximum absolute atomic E-state index is 6.30. The van der Waals surface area contributed by atoms with Gasteiger partial charge >= 0.3 is 0 Å². The van der Waals surface area contributed by atoms with Gasteiger partial charge in [-0.1, -0.05) is 39.7 Å². The molecule has 96 valence electrons. The number of H-pyrrole nitrogens is 1. The predicted octanol–water partition coefficient (Wildman–Crippen LogP) is 5.41. The predicted molar refractivity (Wildman–Crippen MR) is 85.9 cm³/mol. The average Bonchev–Trinajstić information content (AvgIpc) is 2.70. The Balaban J connectivity index is 2.39. The molecule has 3 rings (SSSR count). The monoisotopic (exact) mass is 352 g/mol. The number of halogens is 2. The fourth-order valence-corrected chi connectivity index (χ4v) is 3.02. The van der Waals surface area contributed by atoms with Crippen LogP contribution in [0.1, 0.15) is 5.56 Å². The Morgan fingerprint density at radius 2 is 2.05 bits per heavy atom. The molecule has 2 nitrogen and oxygen atoms in total. The summed E-state index contributed by atoms with van der Waals surface area (Å²) in [7, 11) is 0. The highest BCUT2D eigenvalue weighted by Gasteiger charge is 2.10. The van der Waals surface area contributed by atoms with Gasteiger partial charge in [0.25, 0.3) is 0 Å². The minimum atomic E-state index is 0.638. The van der Waals surface area contributed by atoms with Crippen LogP contribution >= 0.6 is 39.7 Å². The molecule has 0 amide bonds. The summed E-state index contributed by atoms with van der Waals surface area (Å²) in [6.07, 6.45) is 0. The lowest BCUT2D eigenvalue weighted by molar-refractivity contribution is 1.06. The zero-order valence-electron chi connectivity index (χ0n) is 10.1. The van der Waals surface area contributed by atoms with Crippen molar-refractivity contribution < 1.29 is 0 Å². The molecule has 0 atom stereocenters. The van der Waals surface area contributed by atoms with Crippen molar-refractivity contribution in [3.63, 3.8) is 0 Å². The number of para-hydroxylation sites is 1. The molecule has 0 aliphatic heterocycles. The van der Waals surface area contributed by atoms with E-state index in [-0.39, 0.29) is 0 Å². The van der Waals surface area contributed by atoms with Crippen molar-refractivity contribution >= 4 is 50.8 Å². The summed E-state index contributed by atoms with van der Waals surface area (Å²) >= 11 is 15.2. The molecular weight excluding hydrogens is 344 g/mol. The highest BCUT2D eigenvalue weighted by molar-refractivity contribution is 9.10. The average molecular weight is 354 g/mol. The van der Waals surface area contributed by atoms with Crippen LogP contribution in [0.5, 0.6) is 0 Å². The highest BCUT2D eigenvalue weighted by atomic mass is 79.9. The molecule has 3 aromatic rings.